The van der Waals surface area contributed by atoms with Crippen molar-refractivity contribution in [3.05, 3.63) is 75.8 Å². The average Bonchev–Trinajstić information content (AvgIpc) is 2.85. The SMILES string of the molecule is [N]C1c2ccccc2-c2c1c([N+](=O)[O-])c([N+](=O)[O-])c([N+](=O)[O-])c2[N+](=O)[O-]. The lowest BCUT2D eigenvalue weighted by Crippen LogP contribution is -2.10. The summed E-state index contributed by atoms with van der Waals surface area (Å²) in [6, 6.07) is 3.65. The molecule has 2 radical (unpaired) electrons. The molecule has 0 fully saturated rings. The molecule has 0 bridgehead atoms. The van der Waals surface area contributed by atoms with Crippen LogP contribution in [-0.4, -0.2) is 19.7 Å². The Kier molecular flexibility index (Phi) is 3.58. The summed E-state index contributed by atoms with van der Waals surface area (Å²) in [6.07, 6.45) is 0. The van der Waals surface area contributed by atoms with Crippen molar-refractivity contribution in [1.82, 2.24) is 5.73 Å². The van der Waals surface area contributed by atoms with Crippen LogP contribution in [-0.2, 0) is 0 Å². The van der Waals surface area contributed by atoms with Crippen LogP contribution in [0.1, 0.15) is 17.2 Å². The molecule has 0 aromatic heterocycles. The molecule has 1 atom stereocenters. The minimum atomic E-state index is -1.78. The minimum absolute atomic E-state index is 0.0171. The summed E-state index contributed by atoms with van der Waals surface area (Å²) in [5, 5.41) is 45.6. The van der Waals surface area contributed by atoms with Crippen molar-refractivity contribution in [2.24, 2.45) is 0 Å². The summed E-state index contributed by atoms with van der Waals surface area (Å²) < 4.78 is 0. The monoisotopic (exact) mass is 359 g/mol. The average molecular weight is 359 g/mol. The number of nitrogens with zero attached hydrogens (tertiary/aromatic N) is 5. The topological polar surface area (TPSA) is 195 Å². The fourth-order valence-electron chi connectivity index (χ4n) is 3.08. The fourth-order valence-corrected chi connectivity index (χ4v) is 3.08. The molecular formula is C13H5N5O8. The fraction of sp³-hybridized carbons (Fsp3) is 0.0769. The van der Waals surface area contributed by atoms with Gasteiger partial charge in [0, 0.05) is 0 Å². The van der Waals surface area contributed by atoms with Crippen molar-refractivity contribution >= 4 is 22.7 Å². The Bertz CT molecular complexity index is 1030. The number of hydrogen-bond donors (Lipinski definition) is 0. The van der Waals surface area contributed by atoms with Gasteiger partial charge in [-0.1, -0.05) is 24.3 Å². The van der Waals surface area contributed by atoms with E-state index in [0.717, 1.165) is 0 Å². The molecule has 1 aliphatic rings. The molecule has 0 amide bonds. The molecule has 0 heterocycles. The molecule has 0 N–H and O–H groups in total. The van der Waals surface area contributed by atoms with E-state index in [4.69, 9.17) is 0 Å². The first-order valence-electron chi connectivity index (χ1n) is 6.77. The molecule has 0 spiro atoms. The summed E-state index contributed by atoms with van der Waals surface area (Å²) in [5.41, 5.74) is 3.23. The second-order valence-corrected chi connectivity index (χ2v) is 5.20. The maximum Gasteiger partial charge on any atom is 0.430 e. The second kappa shape index (κ2) is 5.52. The predicted octanol–water partition coefficient (Wildman–Crippen LogP) is 2.46. The van der Waals surface area contributed by atoms with Gasteiger partial charge in [0.1, 0.15) is 6.04 Å². The van der Waals surface area contributed by atoms with Crippen molar-refractivity contribution in [3.8, 4) is 11.1 Å². The zero-order chi connectivity index (χ0) is 19.3. The second-order valence-electron chi connectivity index (χ2n) is 5.20. The number of rotatable bonds is 4. The van der Waals surface area contributed by atoms with Gasteiger partial charge in [0.2, 0.25) is 0 Å². The molecular weight excluding hydrogens is 354 g/mol. The predicted molar refractivity (Wildman–Crippen MR) is 82.5 cm³/mol. The molecule has 13 heteroatoms. The molecule has 3 rings (SSSR count). The van der Waals surface area contributed by atoms with E-state index in [9.17, 15) is 46.2 Å². The Morgan fingerprint density at radius 2 is 1.19 bits per heavy atom. The standard InChI is InChI=1S/C13H5N5O8/c14-9-6-4-2-1-3-5(6)7-8(9)11(16(21)22)13(18(25)26)12(17(23)24)10(7)15(19)20/h1-4,9H. The van der Waals surface area contributed by atoms with E-state index in [2.05, 4.69) is 0 Å². The Morgan fingerprint density at radius 3 is 1.69 bits per heavy atom. The van der Waals surface area contributed by atoms with Gasteiger partial charge in [-0.3, -0.25) is 40.5 Å². The summed E-state index contributed by atoms with van der Waals surface area (Å²) in [4.78, 5) is 40.2. The van der Waals surface area contributed by atoms with Crippen LogP contribution >= 0.6 is 0 Å². The third kappa shape index (κ3) is 2.07. The summed E-state index contributed by atoms with van der Waals surface area (Å²) in [6.45, 7) is 0. The van der Waals surface area contributed by atoms with Crippen molar-refractivity contribution in [2.75, 3.05) is 0 Å². The highest BCUT2D eigenvalue weighted by atomic mass is 16.7. The number of hydrogen-bond acceptors (Lipinski definition) is 8. The van der Waals surface area contributed by atoms with Gasteiger partial charge in [0.25, 0.3) is 0 Å². The number of nitro groups is 4. The van der Waals surface area contributed by atoms with Gasteiger partial charge in [-0.25, -0.2) is 0 Å². The van der Waals surface area contributed by atoms with Gasteiger partial charge in [-0.2, -0.15) is 0 Å². The lowest BCUT2D eigenvalue weighted by atomic mass is 9.98. The van der Waals surface area contributed by atoms with Crippen LogP contribution in [0.2, 0.25) is 0 Å². The number of fused-ring (bicyclic) bond motifs is 3. The first-order valence-corrected chi connectivity index (χ1v) is 6.77. The summed E-state index contributed by atoms with van der Waals surface area (Å²) in [5.74, 6) is 0. The first kappa shape index (κ1) is 16.8. The highest BCUT2D eigenvalue weighted by molar-refractivity contribution is 5.97. The van der Waals surface area contributed by atoms with Crippen LogP contribution in [0.15, 0.2) is 24.3 Å². The number of nitro benzene ring substituents is 4. The molecule has 1 aliphatic carbocycles. The van der Waals surface area contributed by atoms with Crippen LogP contribution in [0.25, 0.3) is 11.1 Å². The molecule has 0 saturated heterocycles. The smallest absolute Gasteiger partial charge is 0.258 e. The van der Waals surface area contributed by atoms with Gasteiger partial charge < -0.3 is 0 Å². The molecule has 0 aliphatic heterocycles. The van der Waals surface area contributed by atoms with E-state index in [-0.39, 0.29) is 11.1 Å². The minimum Gasteiger partial charge on any atom is -0.258 e. The quantitative estimate of drug-likeness (QED) is 0.585. The van der Waals surface area contributed by atoms with Crippen molar-refractivity contribution < 1.29 is 19.7 Å². The molecule has 0 saturated carbocycles. The Hall–Kier alpha value is -4.00. The maximum atomic E-state index is 11.5. The Morgan fingerprint density at radius 1 is 0.731 bits per heavy atom. The van der Waals surface area contributed by atoms with E-state index in [0.29, 0.717) is 0 Å². The van der Waals surface area contributed by atoms with E-state index in [1.807, 2.05) is 0 Å². The lowest BCUT2D eigenvalue weighted by molar-refractivity contribution is -0.451. The van der Waals surface area contributed by atoms with Gasteiger partial charge in [0.05, 0.1) is 30.8 Å². The molecule has 13 nitrogen and oxygen atoms in total. The van der Waals surface area contributed by atoms with E-state index in [1.54, 1.807) is 0 Å². The Balaban J connectivity index is 2.67. The first-order chi connectivity index (χ1) is 12.2. The van der Waals surface area contributed by atoms with Crippen LogP contribution in [0.5, 0.6) is 0 Å². The van der Waals surface area contributed by atoms with E-state index >= 15 is 0 Å². The highest BCUT2D eigenvalue weighted by Crippen LogP contribution is 2.58. The van der Waals surface area contributed by atoms with Crippen molar-refractivity contribution in [3.63, 3.8) is 0 Å². The zero-order valence-electron chi connectivity index (χ0n) is 12.4. The van der Waals surface area contributed by atoms with Gasteiger partial charge in [-0.05, 0) is 11.1 Å². The van der Waals surface area contributed by atoms with Crippen LogP contribution in [0.4, 0.5) is 22.7 Å². The Labute approximate surface area is 142 Å². The summed E-state index contributed by atoms with van der Waals surface area (Å²) >= 11 is 0. The van der Waals surface area contributed by atoms with Gasteiger partial charge in [-0.15, -0.1) is 5.73 Å². The van der Waals surface area contributed by atoms with Crippen LogP contribution in [0.3, 0.4) is 0 Å². The van der Waals surface area contributed by atoms with Crippen LogP contribution < -0.4 is 5.73 Å². The van der Waals surface area contributed by atoms with E-state index in [1.165, 1.54) is 24.3 Å². The third-order valence-electron chi connectivity index (χ3n) is 3.96. The number of benzene rings is 2. The van der Waals surface area contributed by atoms with Crippen LogP contribution in [0, 0.1) is 40.5 Å². The molecule has 26 heavy (non-hydrogen) atoms. The molecule has 2 aromatic carbocycles. The van der Waals surface area contributed by atoms with Crippen molar-refractivity contribution in [1.29, 1.82) is 0 Å². The largest absolute Gasteiger partial charge is 0.430 e. The molecule has 1 unspecified atom stereocenters. The molecule has 2 aromatic rings. The lowest BCUT2D eigenvalue weighted by Gasteiger charge is -2.07. The molecule has 130 valence electrons. The third-order valence-corrected chi connectivity index (χ3v) is 3.96. The van der Waals surface area contributed by atoms with Gasteiger partial charge >= 0.3 is 22.7 Å². The zero-order valence-corrected chi connectivity index (χ0v) is 12.4. The van der Waals surface area contributed by atoms with Gasteiger partial charge in [0.15, 0.2) is 0 Å². The maximum absolute atomic E-state index is 11.5. The van der Waals surface area contributed by atoms with Crippen molar-refractivity contribution in [2.45, 2.75) is 6.04 Å². The highest BCUT2D eigenvalue weighted by Gasteiger charge is 2.53. The van der Waals surface area contributed by atoms with E-state index < -0.39 is 59.6 Å². The summed E-state index contributed by atoms with van der Waals surface area (Å²) in [7, 11) is 0. The normalized spacial score (nSPS) is 14.4.